The van der Waals surface area contributed by atoms with Crippen molar-refractivity contribution in [1.82, 2.24) is 4.90 Å². The Balaban J connectivity index is 1.71. The van der Waals surface area contributed by atoms with E-state index in [-0.39, 0.29) is 17.3 Å². The van der Waals surface area contributed by atoms with Crippen LogP contribution in [0.4, 0.5) is 5.69 Å². The third-order valence-electron chi connectivity index (χ3n) is 4.45. The maximum absolute atomic E-state index is 12.6. The second-order valence-corrected chi connectivity index (χ2v) is 8.22. The third-order valence-corrected chi connectivity index (χ3v) is 5.91. The molecular formula is C21H17BrN4OS. The largest absolute Gasteiger partial charge is 0.377 e. The summed E-state index contributed by atoms with van der Waals surface area (Å²) in [5.74, 6) is -0.248. The molecule has 2 aromatic carbocycles. The standard InChI is InChI=1S/C21H17BrN4OS/c1-25(2)17-9-8-13(11-16(17)22)10-15-19(23)26-18(14-6-4-3-5-7-14)12-28-21(26)24-20(15)27/h3-12,23H,1-2H3/b15-10-,23-19?. The molecule has 140 valence electrons. The highest BCUT2D eigenvalue weighted by Gasteiger charge is 2.36. The Morgan fingerprint density at radius 1 is 1.18 bits per heavy atom. The zero-order chi connectivity index (χ0) is 19.8. The van der Waals surface area contributed by atoms with E-state index in [1.807, 2.05) is 72.9 Å². The number of amidine groups is 2. The summed E-state index contributed by atoms with van der Waals surface area (Å²) < 4.78 is 0.924. The summed E-state index contributed by atoms with van der Waals surface area (Å²) in [6.45, 7) is 0. The number of fused-ring (bicyclic) bond motifs is 1. The van der Waals surface area contributed by atoms with Crippen LogP contribution in [0.3, 0.4) is 0 Å². The van der Waals surface area contributed by atoms with Crippen molar-refractivity contribution in [2.45, 2.75) is 0 Å². The molecule has 4 rings (SSSR count). The second kappa shape index (κ2) is 7.41. The van der Waals surface area contributed by atoms with Crippen LogP contribution in [0.1, 0.15) is 11.1 Å². The predicted molar refractivity (Wildman–Crippen MR) is 120 cm³/mol. The summed E-state index contributed by atoms with van der Waals surface area (Å²) in [5, 5.41) is 11.1. The molecule has 0 spiro atoms. The number of anilines is 1. The Hall–Kier alpha value is -2.64. The van der Waals surface area contributed by atoms with E-state index in [0.717, 1.165) is 27.0 Å². The van der Waals surface area contributed by atoms with Gasteiger partial charge in [0.2, 0.25) is 0 Å². The Kier molecular flexibility index (Phi) is 4.95. The van der Waals surface area contributed by atoms with Crippen LogP contribution in [0.25, 0.3) is 11.8 Å². The Labute approximate surface area is 176 Å². The van der Waals surface area contributed by atoms with Crippen molar-refractivity contribution in [1.29, 1.82) is 5.41 Å². The van der Waals surface area contributed by atoms with E-state index in [2.05, 4.69) is 20.9 Å². The van der Waals surface area contributed by atoms with Gasteiger partial charge in [-0.25, -0.2) is 0 Å². The van der Waals surface area contributed by atoms with Crippen LogP contribution in [-0.2, 0) is 4.79 Å². The average molecular weight is 453 g/mol. The molecule has 0 radical (unpaired) electrons. The lowest BCUT2D eigenvalue weighted by Gasteiger charge is -2.27. The summed E-state index contributed by atoms with van der Waals surface area (Å²) in [6.07, 6.45) is 1.72. The molecule has 0 atom stereocenters. The Morgan fingerprint density at radius 3 is 2.61 bits per heavy atom. The summed E-state index contributed by atoms with van der Waals surface area (Å²) in [5.41, 5.74) is 3.99. The van der Waals surface area contributed by atoms with Gasteiger partial charge in [-0.3, -0.25) is 15.1 Å². The quantitative estimate of drug-likeness (QED) is 0.678. The van der Waals surface area contributed by atoms with Gasteiger partial charge in [0, 0.05) is 24.0 Å². The van der Waals surface area contributed by atoms with Crippen LogP contribution in [0.15, 0.2) is 69.0 Å². The van der Waals surface area contributed by atoms with Crippen LogP contribution in [0, 0.1) is 5.41 Å². The van der Waals surface area contributed by atoms with Crippen LogP contribution in [-0.4, -0.2) is 35.9 Å². The minimum Gasteiger partial charge on any atom is -0.377 e. The van der Waals surface area contributed by atoms with Crippen LogP contribution < -0.4 is 4.90 Å². The first-order chi connectivity index (χ1) is 13.5. The topological polar surface area (TPSA) is 59.8 Å². The summed E-state index contributed by atoms with van der Waals surface area (Å²) >= 11 is 4.93. The van der Waals surface area contributed by atoms with Crippen molar-refractivity contribution in [3.05, 3.63) is 75.1 Å². The van der Waals surface area contributed by atoms with E-state index >= 15 is 0 Å². The number of nitrogens with zero attached hydrogens (tertiary/aromatic N) is 3. The summed E-state index contributed by atoms with van der Waals surface area (Å²) in [7, 11) is 3.94. The van der Waals surface area contributed by atoms with Crippen molar-refractivity contribution in [2.75, 3.05) is 19.0 Å². The van der Waals surface area contributed by atoms with Crippen molar-refractivity contribution in [3.8, 4) is 0 Å². The molecular weight excluding hydrogens is 436 g/mol. The number of aliphatic imine (C=N–C) groups is 1. The lowest BCUT2D eigenvalue weighted by Crippen LogP contribution is -2.38. The van der Waals surface area contributed by atoms with Gasteiger partial charge in [-0.15, -0.1) is 0 Å². The minimum absolute atomic E-state index is 0.142. The third kappa shape index (κ3) is 3.31. The Morgan fingerprint density at radius 2 is 1.93 bits per heavy atom. The molecule has 2 aliphatic rings. The van der Waals surface area contributed by atoms with Crippen molar-refractivity contribution in [3.63, 3.8) is 0 Å². The molecule has 2 heterocycles. The highest BCUT2D eigenvalue weighted by molar-refractivity contribution is 9.10. The SMILES string of the molecule is CN(C)c1ccc(/C=C2/C(=N)N3C(c4ccccc4)=CSC3=NC2=O)cc1Br. The van der Waals surface area contributed by atoms with Crippen molar-refractivity contribution in [2.24, 2.45) is 4.99 Å². The minimum atomic E-state index is -0.390. The molecule has 0 saturated heterocycles. The molecule has 2 aromatic rings. The Bertz CT molecular complexity index is 1070. The summed E-state index contributed by atoms with van der Waals surface area (Å²) in [4.78, 5) is 20.5. The van der Waals surface area contributed by atoms with Crippen molar-refractivity contribution >= 4 is 62.1 Å². The van der Waals surface area contributed by atoms with Gasteiger partial charge in [0.25, 0.3) is 5.91 Å². The first-order valence-corrected chi connectivity index (χ1v) is 10.3. The number of amides is 1. The lowest BCUT2D eigenvalue weighted by atomic mass is 10.1. The molecule has 2 aliphatic heterocycles. The van der Waals surface area contributed by atoms with E-state index in [9.17, 15) is 4.79 Å². The van der Waals surface area contributed by atoms with Gasteiger partial charge in [0.15, 0.2) is 5.17 Å². The highest BCUT2D eigenvalue weighted by Crippen LogP contribution is 2.37. The van der Waals surface area contributed by atoms with Gasteiger partial charge in [0.05, 0.1) is 17.0 Å². The molecule has 0 fully saturated rings. The van der Waals surface area contributed by atoms with E-state index in [4.69, 9.17) is 5.41 Å². The number of hydrogen-bond acceptors (Lipinski definition) is 4. The number of hydrogen-bond donors (Lipinski definition) is 1. The highest BCUT2D eigenvalue weighted by atomic mass is 79.9. The molecule has 7 heteroatoms. The number of halogens is 1. The maximum Gasteiger partial charge on any atom is 0.283 e. The number of carbonyl (C=O) groups excluding carboxylic acids is 1. The molecule has 0 unspecified atom stereocenters. The average Bonchev–Trinajstić information content (AvgIpc) is 3.09. The number of carbonyl (C=O) groups is 1. The fraction of sp³-hybridized carbons (Fsp3) is 0.0952. The molecule has 0 aliphatic carbocycles. The monoisotopic (exact) mass is 452 g/mol. The summed E-state index contributed by atoms with van der Waals surface area (Å²) in [6, 6.07) is 15.7. The first kappa shape index (κ1) is 18.7. The molecule has 28 heavy (non-hydrogen) atoms. The van der Waals surface area contributed by atoms with Gasteiger partial charge in [-0.2, -0.15) is 4.99 Å². The van der Waals surface area contributed by atoms with E-state index in [0.29, 0.717) is 5.17 Å². The number of rotatable bonds is 3. The normalized spacial score (nSPS) is 17.5. The smallest absolute Gasteiger partial charge is 0.283 e. The molecule has 1 amide bonds. The van der Waals surface area contributed by atoms with Gasteiger partial charge in [-0.1, -0.05) is 48.2 Å². The maximum atomic E-state index is 12.6. The fourth-order valence-corrected chi connectivity index (χ4v) is 4.70. The van der Waals surface area contributed by atoms with Crippen molar-refractivity contribution < 1.29 is 4.79 Å². The second-order valence-electron chi connectivity index (χ2n) is 6.53. The molecule has 0 saturated carbocycles. The lowest BCUT2D eigenvalue weighted by molar-refractivity contribution is -0.114. The van der Waals surface area contributed by atoms with Gasteiger partial charge >= 0.3 is 0 Å². The van der Waals surface area contributed by atoms with Crippen LogP contribution in [0.2, 0.25) is 0 Å². The molecule has 0 aromatic heterocycles. The number of thioether (sulfide) groups is 1. The molecule has 0 bridgehead atoms. The van der Waals surface area contributed by atoms with Crippen LogP contribution >= 0.6 is 27.7 Å². The fourth-order valence-electron chi connectivity index (χ4n) is 3.06. The van der Waals surface area contributed by atoms with Gasteiger partial charge < -0.3 is 4.90 Å². The zero-order valence-corrected chi connectivity index (χ0v) is 17.7. The zero-order valence-electron chi connectivity index (χ0n) is 15.3. The van der Waals surface area contributed by atoms with Gasteiger partial charge in [0.1, 0.15) is 5.84 Å². The van der Waals surface area contributed by atoms with E-state index in [1.54, 1.807) is 11.0 Å². The number of nitrogens with one attached hydrogen (secondary N) is 1. The van der Waals surface area contributed by atoms with E-state index < -0.39 is 0 Å². The number of benzene rings is 2. The predicted octanol–water partition coefficient (Wildman–Crippen LogP) is 4.82. The molecule has 1 N–H and O–H groups in total. The first-order valence-electron chi connectivity index (χ1n) is 8.58. The van der Waals surface area contributed by atoms with Gasteiger partial charge in [-0.05, 0) is 45.3 Å². The molecule has 5 nitrogen and oxygen atoms in total. The van der Waals surface area contributed by atoms with Crippen LogP contribution in [0.5, 0.6) is 0 Å². The van der Waals surface area contributed by atoms with E-state index in [1.165, 1.54) is 11.8 Å².